The average molecular weight is 264 g/mol. The third-order valence-corrected chi connectivity index (χ3v) is 4.21. The van der Waals surface area contributed by atoms with Gasteiger partial charge in [0.2, 0.25) is 0 Å². The van der Waals surface area contributed by atoms with Gasteiger partial charge in [-0.1, -0.05) is 13.8 Å². The van der Waals surface area contributed by atoms with Crippen LogP contribution in [0.25, 0.3) is 0 Å². The lowest BCUT2D eigenvalue weighted by molar-refractivity contribution is 0.323. The largest absolute Gasteiger partial charge is 0.493 e. The Morgan fingerprint density at radius 1 is 1.11 bits per heavy atom. The van der Waals surface area contributed by atoms with Crippen LogP contribution in [0.4, 0.5) is 11.4 Å². The second-order valence-corrected chi connectivity index (χ2v) is 5.46. The zero-order chi connectivity index (χ0) is 14.0. The smallest absolute Gasteiger partial charge is 0.162 e. The molecule has 0 radical (unpaired) electrons. The Bertz CT molecular complexity index is 448. The number of hydrogen-bond donors (Lipinski definition) is 1. The first kappa shape index (κ1) is 13.8. The van der Waals surface area contributed by atoms with Gasteiger partial charge >= 0.3 is 0 Å². The molecule has 19 heavy (non-hydrogen) atoms. The van der Waals surface area contributed by atoms with Crippen LogP contribution in [0, 0.1) is 11.8 Å². The topological polar surface area (TPSA) is 47.7 Å². The highest BCUT2D eigenvalue weighted by Gasteiger charge is 2.24. The summed E-state index contributed by atoms with van der Waals surface area (Å²) >= 11 is 0. The van der Waals surface area contributed by atoms with Gasteiger partial charge < -0.3 is 20.1 Å². The number of hydrogen-bond acceptors (Lipinski definition) is 4. The molecule has 2 N–H and O–H groups in total. The summed E-state index contributed by atoms with van der Waals surface area (Å²) in [4.78, 5) is 2.35. The molecule has 1 saturated heterocycles. The van der Waals surface area contributed by atoms with Gasteiger partial charge in [-0.3, -0.25) is 0 Å². The van der Waals surface area contributed by atoms with Crippen molar-refractivity contribution >= 4 is 11.4 Å². The maximum absolute atomic E-state index is 6.15. The van der Waals surface area contributed by atoms with Crippen molar-refractivity contribution in [2.75, 3.05) is 37.9 Å². The maximum atomic E-state index is 6.15. The van der Waals surface area contributed by atoms with Gasteiger partial charge in [-0.25, -0.2) is 0 Å². The van der Waals surface area contributed by atoms with Gasteiger partial charge in [0, 0.05) is 25.2 Å². The van der Waals surface area contributed by atoms with Crippen LogP contribution in [0.15, 0.2) is 12.1 Å². The Hall–Kier alpha value is -1.58. The number of anilines is 2. The molecular weight excluding hydrogens is 240 g/mol. The van der Waals surface area contributed by atoms with Crippen LogP contribution in [-0.2, 0) is 0 Å². The molecule has 0 spiro atoms. The lowest BCUT2D eigenvalue weighted by Crippen LogP contribution is -2.38. The normalized spacial score (nSPS) is 23.3. The van der Waals surface area contributed by atoms with E-state index in [1.165, 1.54) is 6.42 Å². The SMILES string of the molecule is COc1cc(N)c(N2CCC(C)C(C)C2)cc1OC. The third kappa shape index (κ3) is 2.72. The minimum atomic E-state index is 0.682. The Balaban J connectivity index is 2.29. The number of nitrogens with zero attached hydrogens (tertiary/aromatic N) is 1. The van der Waals surface area contributed by atoms with Gasteiger partial charge in [-0.2, -0.15) is 0 Å². The van der Waals surface area contributed by atoms with Gasteiger partial charge in [-0.15, -0.1) is 0 Å². The van der Waals surface area contributed by atoms with E-state index in [1.807, 2.05) is 12.1 Å². The quantitative estimate of drug-likeness (QED) is 0.853. The number of nitrogens with two attached hydrogens (primary N) is 1. The molecule has 4 heteroatoms. The lowest BCUT2D eigenvalue weighted by Gasteiger charge is -2.37. The van der Waals surface area contributed by atoms with Gasteiger partial charge in [-0.05, 0) is 18.3 Å². The third-order valence-electron chi connectivity index (χ3n) is 4.21. The number of methoxy groups -OCH3 is 2. The van der Waals surface area contributed by atoms with E-state index < -0.39 is 0 Å². The first-order valence-electron chi connectivity index (χ1n) is 6.83. The second kappa shape index (κ2) is 5.59. The monoisotopic (exact) mass is 264 g/mol. The predicted molar refractivity (Wildman–Crippen MR) is 79.1 cm³/mol. The van der Waals surface area contributed by atoms with Crippen LogP contribution < -0.4 is 20.1 Å². The molecule has 1 aliphatic heterocycles. The molecule has 1 aromatic rings. The standard InChI is InChI=1S/C15H24N2O2/c1-10-5-6-17(9-11(10)2)13-8-15(19-4)14(18-3)7-12(13)16/h7-8,10-11H,5-6,9,16H2,1-4H3. The molecule has 0 aliphatic carbocycles. The lowest BCUT2D eigenvalue weighted by atomic mass is 9.88. The Kier molecular flexibility index (Phi) is 4.08. The fourth-order valence-corrected chi connectivity index (χ4v) is 2.64. The summed E-state index contributed by atoms with van der Waals surface area (Å²) in [5.41, 5.74) is 7.96. The van der Waals surface area contributed by atoms with Crippen molar-refractivity contribution in [3.8, 4) is 11.5 Å². The highest BCUT2D eigenvalue weighted by atomic mass is 16.5. The van der Waals surface area contributed by atoms with Crippen LogP contribution in [0.5, 0.6) is 11.5 Å². The molecule has 1 aliphatic rings. The molecule has 0 aromatic heterocycles. The van der Waals surface area contributed by atoms with Gasteiger partial charge in [0.1, 0.15) is 0 Å². The van der Waals surface area contributed by atoms with Crippen molar-refractivity contribution in [2.45, 2.75) is 20.3 Å². The first-order chi connectivity index (χ1) is 9.06. The van der Waals surface area contributed by atoms with E-state index in [2.05, 4.69) is 18.7 Å². The molecule has 0 bridgehead atoms. The summed E-state index contributed by atoms with van der Waals surface area (Å²) in [6, 6.07) is 3.83. The van der Waals surface area contributed by atoms with Gasteiger partial charge in [0.05, 0.1) is 25.6 Å². The van der Waals surface area contributed by atoms with Gasteiger partial charge in [0.15, 0.2) is 11.5 Å². The molecule has 2 unspecified atom stereocenters. The van der Waals surface area contributed by atoms with Crippen molar-refractivity contribution in [3.63, 3.8) is 0 Å². The fourth-order valence-electron chi connectivity index (χ4n) is 2.64. The molecular formula is C15H24N2O2. The molecule has 0 saturated carbocycles. The average Bonchev–Trinajstić information content (AvgIpc) is 2.41. The minimum Gasteiger partial charge on any atom is -0.493 e. The van der Waals surface area contributed by atoms with Crippen molar-refractivity contribution in [1.29, 1.82) is 0 Å². The summed E-state index contributed by atoms with van der Waals surface area (Å²) in [5, 5.41) is 0. The number of rotatable bonds is 3. The zero-order valence-corrected chi connectivity index (χ0v) is 12.3. The Morgan fingerprint density at radius 3 is 2.32 bits per heavy atom. The van der Waals surface area contributed by atoms with Crippen LogP contribution in [0.2, 0.25) is 0 Å². The molecule has 0 amide bonds. The van der Waals surface area contributed by atoms with E-state index in [4.69, 9.17) is 15.2 Å². The molecule has 106 valence electrons. The van der Waals surface area contributed by atoms with E-state index in [9.17, 15) is 0 Å². The summed E-state index contributed by atoms with van der Waals surface area (Å²) in [6.07, 6.45) is 1.20. The zero-order valence-electron chi connectivity index (χ0n) is 12.3. The van der Waals surface area contributed by atoms with E-state index >= 15 is 0 Å². The van der Waals surface area contributed by atoms with Gasteiger partial charge in [0.25, 0.3) is 0 Å². The van der Waals surface area contributed by atoms with E-state index in [1.54, 1.807) is 14.2 Å². The first-order valence-corrected chi connectivity index (χ1v) is 6.83. The maximum Gasteiger partial charge on any atom is 0.162 e. The predicted octanol–water partition coefficient (Wildman–Crippen LogP) is 2.77. The minimum absolute atomic E-state index is 0.682. The van der Waals surface area contributed by atoms with E-state index in [0.29, 0.717) is 11.7 Å². The molecule has 1 heterocycles. The van der Waals surface area contributed by atoms with Crippen LogP contribution in [0.1, 0.15) is 20.3 Å². The highest BCUT2D eigenvalue weighted by molar-refractivity contribution is 5.73. The second-order valence-electron chi connectivity index (χ2n) is 5.46. The van der Waals surface area contributed by atoms with E-state index in [-0.39, 0.29) is 0 Å². The van der Waals surface area contributed by atoms with Crippen molar-refractivity contribution in [2.24, 2.45) is 11.8 Å². The summed E-state index contributed by atoms with van der Waals surface area (Å²) in [6.45, 7) is 6.71. The van der Waals surface area contributed by atoms with Crippen molar-refractivity contribution in [3.05, 3.63) is 12.1 Å². The number of benzene rings is 1. The van der Waals surface area contributed by atoms with Crippen LogP contribution in [-0.4, -0.2) is 27.3 Å². The highest BCUT2D eigenvalue weighted by Crippen LogP contribution is 2.38. The van der Waals surface area contributed by atoms with Crippen LogP contribution >= 0.6 is 0 Å². The molecule has 2 rings (SSSR count). The van der Waals surface area contributed by atoms with Crippen molar-refractivity contribution < 1.29 is 9.47 Å². The van der Waals surface area contributed by atoms with Crippen molar-refractivity contribution in [1.82, 2.24) is 0 Å². The summed E-state index contributed by atoms with van der Waals surface area (Å²) < 4.78 is 10.6. The molecule has 4 nitrogen and oxygen atoms in total. The fraction of sp³-hybridized carbons (Fsp3) is 0.600. The Labute approximate surface area is 115 Å². The molecule has 2 atom stereocenters. The molecule has 1 aromatic carbocycles. The molecule has 1 fully saturated rings. The number of ether oxygens (including phenoxy) is 2. The number of nitrogen functional groups attached to an aromatic ring is 1. The van der Waals surface area contributed by atoms with Crippen LogP contribution in [0.3, 0.4) is 0 Å². The summed E-state index contributed by atoms with van der Waals surface area (Å²) in [7, 11) is 3.28. The van der Waals surface area contributed by atoms with E-state index in [0.717, 1.165) is 36.1 Å². The Morgan fingerprint density at radius 2 is 1.74 bits per heavy atom. The number of piperidine rings is 1. The summed E-state index contributed by atoms with van der Waals surface area (Å²) in [5.74, 6) is 2.87.